The summed E-state index contributed by atoms with van der Waals surface area (Å²) in [7, 11) is 3.51. The molecule has 0 spiro atoms. The average Bonchev–Trinajstić information content (AvgIpc) is 3.37. The largest absolute Gasteiger partial charge is 0.379 e. The summed E-state index contributed by atoms with van der Waals surface area (Å²) in [5, 5.41) is 8.37. The Kier molecular flexibility index (Phi) is 5.77. The van der Waals surface area contributed by atoms with Gasteiger partial charge in [-0.1, -0.05) is 5.21 Å². The standard InChI is InChI=1S/C20H28N6O3/c1-23-7-5-6-16(19(23)27)20(28)26-12-15(18-17(13-26)21-22-24(18)2)14-29-11-10-25-8-3-4-9-25/h5-7,15H,3-4,8-14H2,1-2H3. The van der Waals surface area contributed by atoms with Gasteiger partial charge in [0.1, 0.15) is 11.3 Å². The van der Waals surface area contributed by atoms with Crippen LogP contribution in [0.25, 0.3) is 0 Å². The first-order chi connectivity index (χ1) is 14.0. The van der Waals surface area contributed by atoms with Gasteiger partial charge in [0.05, 0.1) is 25.5 Å². The third-order valence-corrected chi connectivity index (χ3v) is 5.82. The monoisotopic (exact) mass is 400 g/mol. The van der Waals surface area contributed by atoms with E-state index in [2.05, 4.69) is 15.2 Å². The summed E-state index contributed by atoms with van der Waals surface area (Å²) in [6.45, 7) is 5.24. The summed E-state index contributed by atoms with van der Waals surface area (Å²) in [6.07, 6.45) is 4.18. The van der Waals surface area contributed by atoms with Gasteiger partial charge in [-0.25, -0.2) is 0 Å². The van der Waals surface area contributed by atoms with E-state index in [1.165, 1.54) is 17.4 Å². The Hall–Kier alpha value is -2.52. The molecule has 0 radical (unpaired) electrons. The lowest BCUT2D eigenvalue weighted by molar-refractivity contribution is 0.0602. The molecular weight excluding hydrogens is 372 g/mol. The topological polar surface area (TPSA) is 85.5 Å². The van der Waals surface area contributed by atoms with Gasteiger partial charge in [-0.15, -0.1) is 5.10 Å². The van der Waals surface area contributed by atoms with Crippen LogP contribution in [0.1, 0.15) is 40.5 Å². The highest BCUT2D eigenvalue weighted by atomic mass is 16.5. The fourth-order valence-corrected chi connectivity index (χ4v) is 4.26. The predicted octanol–water partition coefficient (Wildman–Crippen LogP) is 0.366. The number of hydrogen-bond donors (Lipinski definition) is 0. The number of aromatic nitrogens is 4. The van der Waals surface area contributed by atoms with Crippen molar-refractivity contribution in [2.45, 2.75) is 25.3 Å². The lowest BCUT2D eigenvalue weighted by Crippen LogP contribution is -2.42. The molecule has 1 amide bonds. The number of fused-ring (bicyclic) bond motifs is 1. The molecule has 29 heavy (non-hydrogen) atoms. The number of aryl methyl sites for hydroxylation is 2. The number of likely N-dealkylation sites (tertiary alicyclic amines) is 1. The van der Waals surface area contributed by atoms with Crippen LogP contribution < -0.4 is 5.56 Å². The van der Waals surface area contributed by atoms with Gasteiger partial charge >= 0.3 is 0 Å². The van der Waals surface area contributed by atoms with Gasteiger partial charge in [0.2, 0.25) is 0 Å². The number of ether oxygens (including phenoxy) is 1. The minimum absolute atomic E-state index is 0.0196. The lowest BCUT2D eigenvalue weighted by atomic mass is 9.98. The Morgan fingerprint density at radius 1 is 1.28 bits per heavy atom. The van der Waals surface area contributed by atoms with Crippen LogP contribution in [0, 0.1) is 0 Å². The fraction of sp³-hybridized carbons (Fsp3) is 0.600. The molecule has 0 aromatic carbocycles. The molecular formula is C20H28N6O3. The predicted molar refractivity (Wildman–Crippen MR) is 107 cm³/mol. The molecule has 1 saturated heterocycles. The van der Waals surface area contributed by atoms with Crippen molar-refractivity contribution >= 4 is 5.91 Å². The van der Waals surface area contributed by atoms with Crippen molar-refractivity contribution in [3.05, 3.63) is 45.6 Å². The minimum Gasteiger partial charge on any atom is -0.379 e. The van der Waals surface area contributed by atoms with Crippen LogP contribution in [-0.4, -0.2) is 74.7 Å². The summed E-state index contributed by atoms with van der Waals surface area (Å²) in [6, 6.07) is 3.30. The normalized spacial score (nSPS) is 19.5. The quantitative estimate of drug-likeness (QED) is 0.651. The second-order valence-corrected chi connectivity index (χ2v) is 7.89. The maximum absolute atomic E-state index is 13.0. The zero-order valence-electron chi connectivity index (χ0n) is 17.1. The number of amides is 1. The van der Waals surface area contributed by atoms with E-state index in [1.807, 2.05) is 7.05 Å². The Labute approximate surface area is 169 Å². The van der Waals surface area contributed by atoms with E-state index in [9.17, 15) is 9.59 Å². The van der Waals surface area contributed by atoms with Crippen molar-refractivity contribution in [1.29, 1.82) is 0 Å². The van der Waals surface area contributed by atoms with Gasteiger partial charge in [0.15, 0.2) is 0 Å². The van der Waals surface area contributed by atoms with Crippen LogP contribution in [-0.2, 0) is 25.4 Å². The number of carbonyl (C=O) groups excluding carboxylic acids is 1. The van der Waals surface area contributed by atoms with Crippen LogP contribution in [0.5, 0.6) is 0 Å². The van der Waals surface area contributed by atoms with Crippen LogP contribution in [0.3, 0.4) is 0 Å². The summed E-state index contributed by atoms with van der Waals surface area (Å²) in [5.74, 6) is -0.293. The number of pyridine rings is 1. The van der Waals surface area contributed by atoms with Crippen LogP contribution in [0.4, 0.5) is 0 Å². The highest BCUT2D eigenvalue weighted by molar-refractivity contribution is 5.94. The molecule has 4 rings (SSSR count). The maximum atomic E-state index is 13.0. The molecule has 1 unspecified atom stereocenters. The Morgan fingerprint density at radius 2 is 2.07 bits per heavy atom. The van der Waals surface area contributed by atoms with E-state index in [1.54, 1.807) is 35.0 Å². The van der Waals surface area contributed by atoms with Crippen molar-refractivity contribution in [2.75, 3.05) is 39.4 Å². The molecule has 0 N–H and O–H groups in total. The summed E-state index contributed by atoms with van der Waals surface area (Å²) >= 11 is 0. The molecule has 1 fully saturated rings. The van der Waals surface area contributed by atoms with E-state index in [-0.39, 0.29) is 22.9 Å². The number of carbonyl (C=O) groups is 1. The maximum Gasteiger partial charge on any atom is 0.263 e. The Morgan fingerprint density at radius 3 is 2.86 bits per heavy atom. The summed E-state index contributed by atoms with van der Waals surface area (Å²) in [4.78, 5) is 29.5. The van der Waals surface area contributed by atoms with Gasteiger partial charge in [-0.05, 0) is 38.1 Å². The van der Waals surface area contributed by atoms with Gasteiger partial charge in [-0.2, -0.15) is 0 Å². The van der Waals surface area contributed by atoms with Crippen molar-refractivity contribution in [3.63, 3.8) is 0 Å². The molecule has 156 valence electrons. The van der Waals surface area contributed by atoms with E-state index in [0.717, 1.165) is 31.0 Å². The second-order valence-electron chi connectivity index (χ2n) is 7.89. The lowest BCUT2D eigenvalue weighted by Gasteiger charge is -2.32. The number of hydrogen-bond acceptors (Lipinski definition) is 6. The fourth-order valence-electron chi connectivity index (χ4n) is 4.26. The SMILES string of the molecule is Cn1nnc2c1C(COCCN1CCCC1)CN(C(=O)c1cccn(C)c1=O)C2. The zero-order chi connectivity index (χ0) is 20.4. The van der Waals surface area contributed by atoms with E-state index < -0.39 is 0 Å². The molecule has 2 aromatic heterocycles. The van der Waals surface area contributed by atoms with Crippen LogP contribution in [0.15, 0.2) is 23.1 Å². The first-order valence-electron chi connectivity index (χ1n) is 10.2. The van der Waals surface area contributed by atoms with Crippen molar-refractivity contribution in [2.24, 2.45) is 14.1 Å². The molecule has 0 bridgehead atoms. The second kappa shape index (κ2) is 8.46. The molecule has 9 heteroatoms. The van der Waals surface area contributed by atoms with E-state index in [4.69, 9.17) is 4.74 Å². The van der Waals surface area contributed by atoms with Gasteiger partial charge in [0.25, 0.3) is 11.5 Å². The first-order valence-corrected chi connectivity index (χ1v) is 10.2. The average molecular weight is 400 g/mol. The molecule has 4 heterocycles. The smallest absolute Gasteiger partial charge is 0.263 e. The van der Waals surface area contributed by atoms with Crippen molar-refractivity contribution in [1.82, 2.24) is 29.4 Å². The molecule has 0 saturated carbocycles. The van der Waals surface area contributed by atoms with E-state index in [0.29, 0.717) is 26.3 Å². The zero-order valence-corrected chi connectivity index (χ0v) is 17.1. The minimum atomic E-state index is -0.291. The number of nitrogens with zero attached hydrogens (tertiary/aromatic N) is 6. The Balaban J connectivity index is 1.46. The highest BCUT2D eigenvalue weighted by Crippen LogP contribution is 2.27. The first kappa shape index (κ1) is 19.8. The highest BCUT2D eigenvalue weighted by Gasteiger charge is 2.33. The van der Waals surface area contributed by atoms with E-state index >= 15 is 0 Å². The van der Waals surface area contributed by atoms with Crippen molar-refractivity contribution < 1.29 is 9.53 Å². The van der Waals surface area contributed by atoms with Crippen LogP contribution >= 0.6 is 0 Å². The molecule has 2 aliphatic rings. The molecule has 0 aliphatic carbocycles. The third-order valence-electron chi connectivity index (χ3n) is 5.82. The van der Waals surface area contributed by atoms with Crippen LogP contribution in [0.2, 0.25) is 0 Å². The summed E-state index contributed by atoms with van der Waals surface area (Å²) in [5.41, 5.74) is 1.67. The van der Waals surface area contributed by atoms with Crippen molar-refractivity contribution in [3.8, 4) is 0 Å². The van der Waals surface area contributed by atoms with Gasteiger partial charge in [-0.3, -0.25) is 14.3 Å². The van der Waals surface area contributed by atoms with Gasteiger partial charge < -0.3 is 19.1 Å². The molecule has 2 aromatic rings. The molecule has 9 nitrogen and oxygen atoms in total. The van der Waals surface area contributed by atoms with Gasteiger partial charge in [0, 0.05) is 39.3 Å². The molecule has 1 atom stereocenters. The Bertz CT molecular complexity index is 931. The third kappa shape index (κ3) is 4.11. The summed E-state index contributed by atoms with van der Waals surface area (Å²) < 4.78 is 9.17. The number of rotatable bonds is 6. The molecule has 2 aliphatic heterocycles.